The number of fused-ring (bicyclic) bond motifs is 2. The molecule has 118 valence electrons. The lowest BCUT2D eigenvalue weighted by Gasteiger charge is -2.07. The topological polar surface area (TPSA) is 42.0 Å². The number of benzene rings is 3. The van der Waals surface area contributed by atoms with Gasteiger partial charge in [-0.05, 0) is 41.1 Å². The Kier molecular flexibility index (Phi) is 3.78. The lowest BCUT2D eigenvalue weighted by atomic mass is 10.0. The van der Waals surface area contributed by atoms with Gasteiger partial charge in [0.15, 0.2) is 5.13 Å². The highest BCUT2D eigenvalue weighted by atomic mass is 79.9. The second kappa shape index (κ2) is 5.96. The fourth-order valence-corrected chi connectivity index (χ4v) is 3.97. The molecule has 0 aliphatic heterocycles. The van der Waals surface area contributed by atoms with Crippen LogP contribution in [0.2, 0.25) is 0 Å². The molecule has 4 aromatic rings. The number of hydrogen-bond donors (Lipinski definition) is 1. The van der Waals surface area contributed by atoms with E-state index in [1.165, 1.54) is 23.5 Å². The van der Waals surface area contributed by atoms with Crippen LogP contribution in [0, 0.1) is 5.82 Å². The summed E-state index contributed by atoms with van der Waals surface area (Å²) in [6.45, 7) is 0. The first-order valence-corrected chi connectivity index (χ1v) is 8.77. The third-order valence-electron chi connectivity index (χ3n) is 3.68. The normalized spacial score (nSPS) is 11.1. The van der Waals surface area contributed by atoms with Gasteiger partial charge in [-0.2, -0.15) is 0 Å². The Morgan fingerprint density at radius 2 is 1.88 bits per heavy atom. The van der Waals surface area contributed by atoms with E-state index in [1.54, 1.807) is 12.1 Å². The fraction of sp³-hybridized carbons (Fsp3) is 0. The predicted octanol–water partition coefficient (Wildman–Crippen LogP) is 5.60. The molecule has 0 saturated carbocycles. The molecular formula is C18H10BrFN2OS. The number of halogens is 2. The average Bonchev–Trinajstić information content (AvgIpc) is 2.96. The number of carbonyl (C=O) groups excluding carboxylic acids is 1. The van der Waals surface area contributed by atoms with Gasteiger partial charge in [0.2, 0.25) is 0 Å². The predicted molar refractivity (Wildman–Crippen MR) is 99.2 cm³/mol. The second-order valence-electron chi connectivity index (χ2n) is 5.23. The van der Waals surface area contributed by atoms with Crippen molar-refractivity contribution in [2.45, 2.75) is 0 Å². The molecule has 0 bridgehead atoms. The van der Waals surface area contributed by atoms with Crippen LogP contribution in [0.3, 0.4) is 0 Å². The molecule has 0 aliphatic rings. The van der Waals surface area contributed by atoms with Crippen LogP contribution >= 0.6 is 27.3 Å². The average molecular weight is 401 g/mol. The number of rotatable bonds is 2. The van der Waals surface area contributed by atoms with Gasteiger partial charge in [-0.15, -0.1) is 0 Å². The molecule has 1 aromatic heterocycles. The first kappa shape index (κ1) is 15.2. The van der Waals surface area contributed by atoms with Gasteiger partial charge in [-0.25, -0.2) is 9.37 Å². The minimum absolute atomic E-state index is 0.238. The van der Waals surface area contributed by atoms with E-state index in [2.05, 4.69) is 26.2 Å². The van der Waals surface area contributed by atoms with Crippen LogP contribution in [-0.2, 0) is 0 Å². The summed E-state index contributed by atoms with van der Waals surface area (Å²) in [6, 6.07) is 15.7. The van der Waals surface area contributed by atoms with Gasteiger partial charge in [0.1, 0.15) is 5.82 Å². The van der Waals surface area contributed by atoms with Crippen molar-refractivity contribution < 1.29 is 9.18 Å². The maximum Gasteiger partial charge on any atom is 0.258 e. The van der Waals surface area contributed by atoms with Crippen LogP contribution in [-0.4, -0.2) is 10.9 Å². The summed E-state index contributed by atoms with van der Waals surface area (Å²) in [6.07, 6.45) is 0. The van der Waals surface area contributed by atoms with Crippen molar-refractivity contribution in [3.63, 3.8) is 0 Å². The van der Waals surface area contributed by atoms with Crippen molar-refractivity contribution in [2.24, 2.45) is 0 Å². The molecule has 0 radical (unpaired) electrons. The molecule has 3 aromatic carbocycles. The van der Waals surface area contributed by atoms with Crippen molar-refractivity contribution in [2.75, 3.05) is 5.32 Å². The number of thiazole rings is 1. The zero-order valence-corrected chi connectivity index (χ0v) is 14.6. The van der Waals surface area contributed by atoms with Crippen LogP contribution in [0.1, 0.15) is 10.4 Å². The van der Waals surface area contributed by atoms with E-state index in [4.69, 9.17) is 0 Å². The highest BCUT2D eigenvalue weighted by Crippen LogP contribution is 2.29. The third kappa shape index (κ3) is 2.68. The Morgan fingerprint density at radius 1 is 1.08 bits per heavy atom. The Bertz CT molecular complexity index is 1090. The number of nitrogens with one attached hydrogen (secondary N) is 1. The van der Waals surface area contributed by atoms with Gasteiger partial charge in [0, 0.05) is 10.0 Å². The SMILES string of the molecule is O=C(Nc1nc2ccc(F)cc2s1)c1cccc2c(Br)cccc12. The first-order chi connectivity index (χ1) is 11.6. The van der Waals surface area contributed by atoms with Crippen molar-refractivity contribution in [3.8, 4) is 0 Å². The van der Waals surface area contributed by atoms with Gasteiger partial charge in [-0.1, -0.05) is 51.5 Å². The lowest BCUT2D eigenvalue weighted by molar-refractivity contribution is 0.102. The molecule has 0 spiro atoms. The molecule has 4 rings (SSSR count). The number of anilines is 1. The number of carbonyl (C=O) groups is 1. The Balaban J connectivity index is 1.72. The number of amides is 1. The molecule has 0 fully saturated rings. The summed E-state index contributed by atoms with van der Waals surface area (Å²) in [5.74, 6) is -0.554. The van der Waals surface area contributed by atoms with Crippen LogP contribution < -0.4 is 5.32 Å². The Morgan fingerprint density at radius 3 is 2.75 bits per heavy atom. The zero-order chi connectivity index (χ0) is 16.7. The fourth-order valence-electron chi connectivity index (χ4n) is 2.59. The standard InChI is InChI=1S/C18H10BrFN2OS/c19-14-6-2-3-11-12(14)4-1-5-13(11)17(23)22-18-21-15-8-7-10(20)9-16(15)24-18/h1-9H,(H,21,22,23). The van der Waals surface area contributed by atoms with Crippen LogP contribution in [0.25, 0.3) is 21.0 Å². The van der Waals surface area contributed by atoms with Crippen molar-refractivity contribution >= 4 is 59.3 Å². The third-order valence-corrected chi connectivity index (χ3v) is 5.31. The largest absolute Gasteiger partial charge is 0.298 e. The summed E-state index contributed by atoms with van der Waals surface area (Å²) in [5.41, 5.74) is 1.23. The molecule has 0 atom stereocenters. The molecule has 3 nitrogen and oxygen atoms in total. The molecule has 24 heavy (non-hydrogen) atoms. The molecule has 0 saturated heterocycles. The molecule has 1 heterocycles. The number of hydrogen-bond acceptors (Lipinski definition) is 3. The van der Waals surface area contributed by atoms with Crippen molar-refractivity contribution in [1.29, 1.82) is 0 Å². The maximum atomic E-state index is 13.3. The summed E-state index contributed by atoms with van der Waals surface area (Å²) in [4.78, 5) is 17.0. The van der Waals surface area contributed by atoms with Gasteiger partial charge < -0.3 is 0 Å². The van der Waals surface area contributed by atoms with E-state index in [-0.39, 0.29) is 11.7 Å². The smallest absolute Gasteiger partial charge is 0.258 e. The van der Waals surface area contributed by atoms with Gasteiger partial charge in [-0.3, -0.25) is 10.1 Å². The van der Waals surface area contributed by atoms with Crippen LogP contribution in [0.15, 0.2) is 59.1 Å². The maximum absolute atomic E-state index is 13.3. The number of nitrogens with zero attached hydrogens (tertiary/aromatic N) is 1. The van der Waals surface area contributed by atoms with Crippen molar-refractivity contribution in [1.82, 2.24) is 4.98 Å². The molecule has 1 amide bonds. The van der Waals surface area contributed by atoms with Crippen molar-refractivity contribution in [3.05, 3.63) is 70.5 Å². The minimum Gasteiger partial charge on any atom is -0.298 e. The molecule has 1 N–H and O–H groups in total. The van der Waals surface area contributed by atoms with Gasteiger partial charge in [0.25, 0.3) is 5.91 Å². The second-order valence-corrected chi connectivity index (χ2v) is 7.11. The molecule has 6 heteroatoms. The van der Waals surface area contributed by atoms with Gasteiger partial charge in [0.05, 0.1) is 10.2 Å². The van der Waals surface area contributed by atoms with E-state index >= 15 is 0 Å². The van der Waals surface area contributed by atoms with Gasteiger partial charge >= 0.3 is 0 Å². The minimum atomic E-state index is -0.317. The first-order valence-electron chi connectivity index (χ1n) is 7.16. The summed E-state index contributed by atoms with van der Waals surface area (Å²) in [7, 11) is 0. The summed E-state index contributed by atoms with van der Waals surface area (Å²) < 4.78 is 14.9. The van der Waals surface area contributed by atoms with E-state index in [9.17, 15) is 9.18 Å². The lowest BCUT2D eigenvalue weighted by Crippen LogP contribution is -2.12. The quantitative estimate of drug-likeness (QED) is 0.475. The highest BCUT2D eigenvalue weighted by Gasteiger charge is 2.13. The van der Waals surface area contributed by atoms with E-state index < -0.39 is 0 Å². The monoisotopic (exact) mass is 400 g/mol. The highest BCUT2D eigenvalue weighted by molar-refractivity contribution is 9.10. The van der Waals surface area contributed by atoms with E-state index in [0.717, 1.165) is 15.2 Å². The summed E-state index contributed by atoms with van der Waals surface area (Å²) in [5, 5.41) is 5.09. The van der Waals surface area contributed by atoms with E-state index in [1.807, 2.05) is 30.3 Å². The Hall–Kier alpha value is -2.31. The molecule has 0 aliphatic carbocycles. The Labute approximate surface area is 149 Å². The summed E-state index contributed by atoms with van der Waals surface area (Å²) >= 11 is 4.75. The van der Waals surface area contributed by atoms with Crippen LogP contribution in [0.4, 0.5) is 9.52 Å². The number of aromatic nitrogens is 1. The van der Waals surface area contributed by atoms with E-state index in [0.29, 0.717) is 20.9 Å². The molecule has 0 unspecified atom stereocenters. The zero-order valence-electron chi connectivity index (χ0n) is 12.2. The molecular weight excluding hydrogens is 391 g/mol. The van der Waals surface area contributed by atoms with Crippen LogP contribution in [0.5, 0.6) is 0 Å².